The molecule has 2 N–H and O–H groups in total. The minimum atomic E-state index is 0.661. The van der Waals surface area contributed by atoms with Crippen molar-refractivity contribution in [2.75, 3.05) is 12.3 Å². The minimum absolute atomic E-state index is 0.661. The van der Waals surface area contributed by atoms with Crippen LogP contribution in [0.15, 0.2) is 54.6 Å². The van der Waals surface area contributed by atoms with Gasteiger partial charge in [-0.05, 0) is 43.2 Å². The molecule has 1 aromatic heterocycles. The molecule has 0 bridgehead atoms. The molecule has 0 spiro atoms. The fourth-order valence-corrected chi connectivity index (χ4v) is 2.96. The highest BCUT2D eigenvalue weighted by Crippen LogP contribution is 2.29. The Morgan fingerprint density at radius 3 is 2.36 bits per heavy atom. The number of nitrogen functional groups attached to an aromatic ring is 1. The zero-order chi connectivity index (χ0) is 17.6. The quantitative estimate of drug-likeness (QED) is 0.690. The zero-order valence-corrected chi connectivity index (χ0v) is 14.9. The third kappa shape index (κ3) is 3.85. The van der Waals surface area contributed by atoms with Crippen LogP contribution in [0.1, 0.15) is 31.7 Å². The summed E-state index contributed by atoms with van der Waals surface area (Å²) in [6, 6.07) is 18.3. The maximum atomic E-state index is 6.48. The number of aromatic nitrogens is 2. The Morgan fingerprint density at radius 1 is 1.00 bits per heavy atom. The summed E-state index contributed by atoms with van der Waals surface area (Å²) in [6.45, 7) is 5.54. The highest BCUT2D eigenvalue weighted by Gasteiger charge is 2.16. The van der Waals surface area contributed by atoms with E-state index in [9.17, 15) is 0 Å². The Bertz CT molecular complexity index is 807. The number of benzene rings is 2. The van der Waals surface area contributed by atoms with E-state index in [1.165, 1.54) is 5.56 Å². The first-order valence-corrected chi connectivity index (χ1v) is 8.85. The highest BCUT2D eigenvalue weighted by molar-refractivity contribution is 5.71. The number of hydrogen-bond donors (Lipinski definition) is 1. The summed E-state index contributed by atoms with van der Waals surface area (Å²) in [5, 5.41) is 0. The van der Waals surface area contributed by atoms with Crippen LogP contribution in [0, 0.1) is 0 Å². The molecule has 0 saturated carbocycles. The first-order valence-electron chi connectivity index (χ1n) is 8.85. The third-order valence-corrected chi connectivity index (χ3v) is 4.18. The van der Waals surface area contributed by atoms with E-state index in [0.717, 1.165) is 48.0 Å². The van der Waals surface area contributed by atoms with Gasteiger partial charge in [0, 0.05) is 12.0 Å². The predicted molar refractivity (Wildman–Crippen MR) is 103 cm³/mol. The van der Waals surface area contributed by atoms with Gasteiger partial charge in [0.05, 0.1) is 13.2 Å². The van der Waals surface area contributed by atoms with Gasteiger partial charge in [0.1, 0.15) is 23.1 Å². The second kappa shape index (κ2) is 7.88. The monoisotopic (exact) mass is 335 g/mol. The first kappa shape index (κ1) is 17.1. The third-order valence-electron chi connectivity index (χ3n) is 4.18. The van der Waals surface area contributed by atoms with Crippen LogP contribution in [-0.2, 0) is 13.0 Å². The van der Waals surface area contributed by atoms with Gasteiger partial charge in [-0.25, -0.2) is 4.98 Å². The van der Waals surface area contributed by atoms with Crippen LogP contribution in [0.4, 0.5) is 5.82 Å². The molecular weight excluding hydrogens is 310 g/mol. The lowest BCUT2D eigenvalue weighted by molar-refractivity contribution is 0.340. The lowest BCUT2D eigenvalue weighted by Crippen LogP contribution is -2.08. The van der Waals surface area contributed by atoms with Gasteiger partial charge in [0.25, 0.3) is 0 Å². The molecule has 4 nitrogen and oxygen atoms in total. The number of aryl methyl sites for hydroxylation is 1. The maximum Gasteiger partial charge on any atom is 0.132 e. The fraction of sp³-hybridized carbons (Fsp3) is 0.286. The van der Waals surface area contributed by atoms with Crippen molar-refractivity contribution < 1.29 is 4.74 Å². The van der Waals surface area contributed by atoms with Gasteiger partial charge in [-0.1, -0.05) is 37.3 Å². The van der Waals surface area contributed by atoms with E-state index in [2.05, 4.69) is 35.8 Å². The van der Waals surface area contributed by atoms with Crippen molar-refractivity contribution in [1.29, 1.82) is 0 Å². The van der Waals surface area contributed by atoms with Crippen LogP contribution in [0.5, 0.6) is 5.75 Å². The highest BCUT2D eigenvalue weighted by atomic mass is 16.5. The topological polar surface area (TPSA) is 53.1 Å². The molecule has 0 aliphatic carbocycles. The molecule has 0 fully saturated rings. The van der Waals surface area contributed by atoms with E-state index in [1.54, 1.807) is 0 Å². The molecular formula is C21H25N3O. The van der Waals surface area contributed by atoms with E-state index < -0.39 is 0 Å². The predicted octanol–water partition coefficient (Wildman–Crippen LogP) is 4.53. The molecule has 1 heterocycles. The molecule has 0 amide bonds. The SMILES string of the molecule is CCCc1nc(-c2ccc(OCC)cc2)c(N)n1Cc1ccccc1. The smallest absolute Gasteiger partial charge is 0.132 e. The largest absolute Gasteiger partial charge is 0.494 e. The van der Waals surface area contributed by atoms with E-state index >= 15 is 0 Å². The molecule has 3 rings (SSSR count). The van der Waals surface area contributed by atoms with Crippen molar-refractivity contribution in [2.45, 2.75) is 33.2 Å². The summed E-state index contributed by atoms with van der Waals surface area (Å²) in [5.74, 6) is 2.62. The summed E-state index contributed by atoms with van der Waals surface area (Å²) in [4.78, 5) is 4.84. The van der Waals surface area contributed by atoms with Crippen LogP contribution in [-0.4, -0.2) is 16.2 Å². The van der Waals surface area contributed by atoms with Gasteiger partial charge < -0.3 is 15.0 Å². The summed E-state index contributed by atoms with van der Waals surface area (Å²) in [5.41, 5.74) is 9.57. The van der Waals surface area contributed by atoms with Crippen molar-refractivity contribution in [3.8, 4) is 17.0 Å². The van der Waals surface area contributed by atoms with E-state index in [1.807, 2.05) is 37.3 Å². The van der Waals surface area contributed by atoms with Crippen LogP contribution in [0.2, 0.25) is 0 Å². The molecule has 0 aliphatic rings. The number of anilines is 1. The second-order valence-corrected chi connectivity index (χ2v) is 6.04. The van der Waals surface area contributed by atoms with Gasteiger partial charge in [0.2, 0.25) is 0 Å². The Labute approximate surface area is 149 Å². The molecule has 130 valence electrons. The van der Waals surface area contributed by atoms with Gasteiger partial charge in [0.15, 0.2) is 0 Å². The van der Waals surface area contributed by atoms with Crippen molar-refractivity contribution >= 4 is 5.82 Å². The lowest BCUT2D eigenvalue weighted by atomic mass is 10.1. The zero-order valence-electron chi connectivity index (χ0n) is 14.9. The number of rotatable bonds is 7. The number of nitrogens with zero attached hydrogens (tertiary/aromatic N) is 2. The average Bonchev–Trinajstić information content (AvgIpc) is 2.94. The van der Waals surface area contributed by atoms with E-state index in [-0.39, 0.29) is 0 Å². The summed E-state index contributed by atoms with van der Waals surface area (Å²) < 4.78 is 7.65. The first-order chi connectivity index (χ1) is 12.2. The standard InChI is InChI=1S/C21H25N3O/c1-3-8-19-23-20(17-11-13-18(14-12-17)25-4-2)21(22)24(19)15-16-9-6-5-7-10-16/h5-7,9-14H,3-4,8,15,22H2,1-2H3. The number of imidazole rings is 1. The number of hydrogen-bond acceptors (Lipinski definition) is 3. The number of ether oxygens (including phenoxy) is 1. The van der Waals surface area contributed by atoms with Gasteiger partial charge >= 0.3 is 0 Å². The van der Waals surface area contributed by atoms with Gasteiger partial charge in [-0.15, -0.1) is 0 Å². The van der Waals surface area contributed by atoms with Crippen LogP contribution < -0.4 is 10.5 Å². The maximum absolute atomic E-state index is 6.48. The van der Waals surface area contributed by atoms with Crippen LogP contribution >= 0.6 is 0 Å². The summed E-state index contributed by atoms with van der Waals surface area (Å²) in [6.07, 6.45) is 1.95. The van der Waals surface area contributed by atoms with Crippen molar-refractivity contribution in [3.63, 3.8) is 0 Å². The van der Waals surface area contributed by atoms with Crippen molar-refractivity contribution in [3.05, 3.63) is 66.0 Å². The van der Waals surface area contributed by atoms with Crippen LogP contribution in [0.3, 0.4) is 0 Å². The van der Waals surface area contributed by atoms with E-state index in [0.29, 0.717) is 6.61 Å². The normalized spacial score (nSPS) is 10.8. The van der Waals surface area contributed by atoms with E-state index in [4.69, 9.17) is 15.5 Å². The molecule has 0 atom stereocenters. The van der Waals surface area contributed by atoms with Gasteiger partial charge in [-0.3, -0.25) is 0 Å². The molecule has 0 radical (unpaired) electrons. The molecule has 0 saturated heterocycles. The average molecular weight is 335 g/mol. The van der Waals surface area contributed by atoms with Gasteiger partial charge in [-0.2, -0.15) is 0 Å². The Morgan fingerprint density at radius 2 is 1.72 bits per heavy atom. The minimum Gasteiger partial charge on any atom is -0.494 e. The molecule has 25 heavy (non-hydrogen) atoms. The van der Waals surface area contributed by atoms with Crippen LogP contribution in [0.25, 0.3) is 11.3 Å². The summed E-state index contributed by atoms with van der Waals surface area (Å²) in [7, 11) is 0. The van der Waals surface area contributed by atoms with Crippen molar-refractivity contribution in [2.24, 2.45) is 0 Å². The molecule has 0 aliphatic heterocycles. The molecule has 2 aromatic carbocycles. The second-order valence-electron chi connectivity index (χ2n) is 6.04. The Hall–Kier alpha value is -2.75. The number of nitrogens with two attached hydrogens (primary N) is 1. The Kier molecular flexibility index (Phi) is 5.39. The molecule has 0 unspecified atom stereocenters. The van der Waals surface area contributed by atoms with Crippen molar-refractivity contribution in [1.82, 2.24) is 9.55 Å². The molecule has 4 heteroatoms. The lowest BCUT2D eigenvalue weighted by Gasteiger charge is -2.10. The molecule has 3 aromatic rings. The summed E-state index contributed by atoms with van der Waals surface area (Å²) >= 11 is 0. The fourth-order valence-electron chi connectivity index (χ4n) is 2.96. The Balaban J connectivity index is 1.96.